The second-order valence-electron chi connectivity index (χ2n) is 4.55. The first-order valence-corrected chi connectivity index (χ1v) is 7.23. The lowest BCUT2D eigenvalue weighted by molar-refractivity contribution is 0.628. The van der Waals surface area contributed by atoms with Gasteiger partial charge in [0.25, 0.3) is 0 Å². The molecule has 3 aromatic rings. The summed E-state index contributed by atoms with van der Waals surface area (Å²) in [5.41, 5.74) is 2.38. The lowest BCUT2D eigenvalue weighted by Crippen LogP contribution is -1.98. The van der Waals surface area contributed by atoms with Crippen molar-refractivity contribution in [3.05, 3.63) is 53.0 Å². The molecule has 0 fully saturated rings. The molecule has 1 aromatic carbocycles. The molecule has 6 heteroatoms. The van der Waals surface area contributed by atoms with Gasteiger partial charge in [0, 0.05) is 11.9 Å². The maximum Gasteiger partial charge on any atom is 0.227 e. The summed E-state index contributed by atoms with van der Waals surface area (Å²) in [6, 6.07) is 8.04. The fourth-order valence-corrected chi connectivity index (χ4v) is 2.90. The molecule has 1 N–H and O–H groups in total. The fraction of sp³-hybridized carbons (Fsp3) is 0.133. The van der Waals surface area contributed by atoms with Crippen LogP contribution in [-0.2, 0) is 0 Å². The second-order valence-corrected chi connectivity index (χ2v) is 5.75. The van der Waals surface area contributed by atoms with Crippen LogP contribution in [0.3, 0.4) is 0 Å². The Morgan fingerprint density at radius 1 is 1.14 bits per heavy atom. The molecule has 0 radical (unpaired) electrons. The van der Waals surface area contributed by atoms with E-state index in [1.165, 1.54) is 12.1 Å². The normalized spacial score (nSPS) is 10.6. The summed E-state index contributed by atoms with van der Waals surface area (Å²) in [6.45, 7) is 3.93. The number of benzene rings is 1. The Morgan fingerprint density at radius 2 is 2.00 bits per heavy atom. The minimum absolute atomic E-state index is 0.301. The van der Waals surface area contributed by atoms with Crippen LogP contribution in [0.2, 0.25) is 0 Å². The summed E-state index contributed by atoms with van der Waals surface area (Å²) in [5.74, 6) is 0.133. The van der Waals surface area contributed by atoms with Crippen molar-refractivity contribution < 1.29 is 4.39 Å². The lowest BCUT2D eigenvalue weighted by atomic mass is 10.3. The van der Waals surface area contributed by atoms with Gasteiger partial charge in [-0.1, -0.05) is 6.07 Å². The highest BCUT2D eigenvalue weighted by molar-refractivity contribution is 7.15. The van der Waals surface area contributed by atoms with Crippen LogP contribution in [0, 0.1) is 19.7 Å². The molecule has 0 spiro atoms. The molecule has 0 unspecified atom stereocenters. The van der Waals surface area contributed by atoms with Crippen LogP contribution in [0.15, 0.2) is 36.5 Å². The summed E-state index contributed by atoms with van der Waals surface area (Å²) in [4.78, 5) is 14.1. The van der Waals surface area contributed by atoms with Gasteiger partial charge in [0.2, 0.25) is 5.95 Å². The van der Waals surface area contributed by atoms with E-state index in [0.717, 1.165) is 21.3 Å². The van der Waals surface area contributed by atoms with Crippen LogP contribution in [-0.4, -0.2) is 15.0 Å². The minimum Gasteiger partial charge on any atom is -0.324 e. The van der Waals surface area contributed by atoms with E-state index < -0.39 is 0 Å². The first-order valence-electron chi connectivity index (χ1n) is 6.42. The molecular weight excluding hydrogens is 287 g/mol. The van der Waals surface area contributed by atoms with Gasteiger partial charge in [0.05, 0.1) is 21.3 Å². The molecule has 0 saturated carbocycles. The van der Waals surface area contributed by atoms with Crippen molar-refractivity contribution >= 4 is 23.0 Å². The Morgan fingerprint density at radius 3 is 2.71 bits per heavy atom. The van der Waals surface area contributed by atoms with E-state index in [1.807, 2.05) is 19.9 Å². The van der Waals surface area contributed by atoms with Crippen LogP contribution >= 0.6 is 11.3 Å². The van der Waals surface area contributed by atoms with E-state index in [9.17, 15) is 4.39 Å². The van der Waals surface area contributed by atoms with Gasteiger partial charge in [-0.25, -0.2) is 19.3 Å². The van der Waals surface area contributed by atoms with Gasteiger partial charge in [-0.15, -0.1) is 11.3 Å². The highest BCUT2D eigenvalue weighted by atomic mass is 32.1. The third kappa shape index (κ3) is 3.05. The zero-order chi connectivity index (χ0) is 14.8. The smallest absolute Gasteiger partial charge is 0.227 e. The topological polar surface area (TPSA) is 50.7 Å². The van der Waals surface area contributed by atoms with E-state index in [4.69, 9.17) is 0 Å². The molecule has 3 rings (SSSR count). The first kappa shape index (κ1) is 13.6. The van der Waals surface area contributed by atoms with E-state index in [-0.39, 0.29) is 5.82 Å². The highest BCUT2D eigenvalue weighted by Crippen LogP contribution is 2.28. The van der Waals surface area contributed by atoms with Crippen molar-refractivity contribution in [3.63, 3.8) is 0 Å². The Bertz CT molecular complexity index is 785. The molecule has 4 nitrogen and oxygen atoms in total. The van der Waals surface area contributed by atoms with Crippen molar-refractivity contribution in [2.45, 2.75) is 13.8 Å². The van der Waals surface area contributed by atoms with Crippen molar-refractivity contribution in [3.8, 4) is 10.6 Å². The largest absolute Gasteiger partial charge is 0.324 e. The number of aryl methyl sites for hydroxylation is 2. The standard InChI is InChI=1S/C15H13FN4S/c1-9-14(21-10(2)18-9)13-6-7-17-15(20-13)19-12-5-3-4-11(16)8-12/h3-8H,1-2H3,(H,17,19,20). The van der Waals surface area contributed by atoms with Crippen molar-refractivity contribution in [2.24, 2.45) is 0 Å². The third-order valence-electron chi connectivity index (χ3n) is 2.87. The van der Waals surface area contributed by atoms with Crippen molar-refractivity contribution in [1.29, 1.82) is 0 Å². The quantitative estimate of drug-likeness (QED) is 0.791. The van der Waals surface area contributed by atoms with Crippen molar-refractivity contribution in [1.82, 2.24) is 15.0 Å². The van der Waals surface area contributed by atoms with Crippen molar-refractivity contribution in [2.75, 3.05) is 5.32 Å². The molecule has 21 heavy (non-hydrogen) atoms. The molecular formula is C15H13FN4S. The van der Waals surface area contributed by atoms with Crippen LogP contribution in [0.4, 0.5) is 16.0 Å². The maximum absolute atomic E-state index is 13.2. The summed E-state index contributed by atoms with van der Waals surface area (Å²) in [5, 5.41) is 4.00. The van der Waals surface area contributed by atoms with Gasteiger partial charge >= 0.3 is 0 Å². The van der Waals surface area contributed by atoms with E-state index in [2.05, 4.69) is 20.3 Å². The Hall–Kier alpha value is -2.34. The number of nitrogens with one attached hydrogen (secondary N) is 1. The molecule has 0 aliphatic heterocycles. The van der Waals surface area contributed by atoms with Gasteiger partial charge in [0.15, 0.2) is 0 Å². The predicted molar refractivity (Wildman–Crippen MR) is 82.3 cm³/mol. The van der Waals surface area contributed by atoms with Gasteiger partial charge in [-0.05, 0) is 38.1 Å². The number of thiazole rings is 1. The van der Waals surface area contributed by atoms with Gasteiger partial charge < -0.3 is 5.32 Å². The van der Waals surface area contributed by atoms with Gasteiger partial charge in [-0.3, -0.25) is 0 Å². The number of nitrogens with zero attached hydrogens (tertiary/aromatic N) is 3. The second kappa shape index (κ2) is 5.57. The maximum atomic E-state index is 13.2. The molecule has 0 aliphatic carbocycles. The minimum atomic E-state index is -0.301. The monoisotopic (exact) mass is 300 g/mol. The molecule has 0 amide bonds. The van der Waals surface area contributed by atoms with E-state index in [0.29, 0.717) is 11.6 Å². The van der Waals surface area contributed by atoms with Crippen LogP contribution in [0.25, 0.3) is 10.6 Å². The lowest BCUT2D eigenvalue weighted by Gasteiger charge is -2.06. The Balaban J connectivity index is 1.92. The summed E-state index contributed by atoms with van der Waals surface area (Å²) < 4.78 is 13.2. The zero-order valence-electron chi connectivity index (χ0n) is 11.6. The molecule has 2 aromatic heterocycles. The first-order chi connectivity index (χ1) is 10.1. The Labute approximate surface area is 125 Å². The van der Waals surface area contributed by atoms with Crippen LogP contribution < -0.4 is 5.32 Å². The van der Waals surface area contributed by atoms with Crippen LogP contribution in [0.5, 0.6) is 0 Å². The number of hydrogen-bond acceptors (Lipinski definition) is 5. The number of hydrogen-bond donors (Lipinski definition) is 1. The molecule has 0 bridgehead atoms. The number of aromatic nitrogens is 3. The molecule has 0 aliphatic rings. The predicted octanol–water partition coefficient (Wildman–Crippen LogP) is 4.10. The summed E-state index contributed by atoms with van der Waals surface area (Å²) >= 11 is 1.60. The van der Waals surface area contributed by atoms with E-state index >= 15 is 0 Å². The molecule has 0 atom stereocenters. The van der Waals surface area contributed by atoms with Gasteiger partial charge in [-0.2, -0.15) is 0 Å². The van der Waals surface area contributed by atoms with E-state index in [1.54, 1.807) is 29.7 Å². The van der Waals surface area contributed by atoms with Crippen LogP contribution in [0.1, 0.15) is 10.7 Å². The molecule has 0 saturated heterocycles. The average molecular weight is 300 g/mol. The Kier molecular flexibility index (Phi) is 3.62. The average Bonchev–Trinajstić information content (AvgIpc) is 2.78. The third-order valence-corrected chi connectivity index (χ3v) is 3.97. The van der Waals surface area contributed by atoms with Gasteiger partial charge in [0.1, 0.15) is 5.82 Å². The summed E-state index contributed by atoms with van der Waals surface area (Å²) in [6.07, 6.45) is 1.68. The zero-order valence-corrected chi connectivity index (χ0v) is 12.4. The summed E-state index contributed by atoms with van der Waals surface area (Å²) in [7, 11) is 0. The number of anilines is 2. The number of rotatable bonds is 3. The highest BCUT2D eigenvalue weighted by Gasteiger charge is 2.10. The molecule has 2 heterocycles. The SMILES string of the molecule is Cc1nc(C)c(-c2ccnc(Nc3cccc(F)c3)n2)s1. The molecule has 106 valence electrons. The fourth-order valence-electron chi connectivity index (χ4n) is 2.01. The number of halogens is 1.